The largest absolute Gasteiger partial charge is 0.414 e. The van der Waals surface area contributed by atoms with Crippen LogP contribution in [0.3, 0.4) is 0 Å². The zero-order valence-corrected chi connectivity index (χ0v) is 6.06. The molecule has 0 rings (SSSR count). The molecule has 0 aromatic carbocycles. The van der Waals surface area contributed by atoms with Crippen LogP contribution < -0.4 is 0 Å². The lowest BCUT2D eigenvalue weighted by atomic mass is 10.1. The molecule has 0 aromatic rings. The summed E-state index contributed by atoms with van der Waals surface area (Å²) in [6, 6.07) is 0. The normalized spacial score (nSPS) is 14.5. The Kier molecular flexibility index (Phi) is 4.18. The standard InChI is InChI=1S/C7H11F3O/c1-2-3-4-5-6(11)7(8,9)10/h2,6,11H,1,3-5H2/t6-/m0/s1. The molecule has 1 atom stereocenters. The van der Waals surface area contributed by atoms with Gasteiger partial charge in [-0.25, -0.2) is 0 Å². The zero-order chi connectivity index (χ0) is 8.91. The first-order valence-electron chi connectivity index (χ1n) is 3.34. The highest BCUT2D eigenvalue weighted by Crippen LogP contribution is 2.23. The van der Waals surface area contributed by atoms with Crippen molar-refractivity contribution in [2.24, 2.45) is 0 Å². The predicted molar refractivity (Wildman–Crippen MR) is 36.1 cm³/mol. The summed E-state index contributed by atoms with van der Waals surface area (Å²) in [6.07, 6.45) is -4.53. The van der Waals surface area contributed by atoms with E-state index >= 15 is 0 Å². The lowest BCUT2D eigenvalue weighted by Gasteiger charge is -2.13. The van der Waals surface area contributed by atoms with Gasteiger partial charge in [0.05, 0.1) is 0 Å². The molecule has 0 unspecified atom stereocenters. The molecule has 11 heavy (non-hydrogen) atoms. The van der Waals surface area contributed by atoms with E-state index in [0.29, 0.717) is 12.8 Å². The number of hydrogen-bond donors (Lipinski definition) is 1. The second-order valence-corrected chi connectivity index (χ2v) is 2.28. The van der Waals surface area contributed by atoms with E-state index in [1.54, 1.807) is 0 Å². The highest BCUT2D eigenvalue weighted by Gasteiger charge is 2.37. The minimum Gasteiger partial charge on any atom is -0.384 e. The molecule has 0 saturated carbocycles. The van der Waals surface area contributed by atoms with Crippen molar-refractivity contribution >= 4 is 0 Å². The summed E-state index contributed by atoms with van der Waals surface area (Å²) in [5.41, 5.74) is 0. The molecule has 0 saturated heterocycles. The predicted octanol–water partition coefficient (Wildman–Crippen LogP) is 2.27. The van der Waals surface area contributed by atoms with Crippen LogP contribution in [0.1, 0.15) is 19.3 Å². The summed E-state index contributed by atoms with van der Waals surface area (Å²) in [7, 11) is 0. The first-order chi connectivity index (χ1) is 4.98. The van der Waals surface area contributed by atoms with Gasteiger partial charge in [-0.3, -0.25) is 0 Å². The lowest BCUT2D eigenvalue weighted by Crippen LogP contribution is -2.28. The van der Waals surface area contributed by atoms with Crippen molar-refractivity contribution in [2.45, 2.75) is 31.5 Å². The number of alkyl halides is 3. The molecule has 0 aliphatic heterocycles. The molecule has 0 aromatic heterocycles. The van der Waals surface area contributed by atoms with Crippen LogP contribution in [0.2, 0.25) is 0 Å². The minimum atomic E-state index is -4.47. The second kappa shape index (κ2) is 4.38. The third-order valence-electron chi connectivity index (χ3n) is 1.26. The monoisotopic (exact) mass is 168 g/mol. The molecular formula is C7H11F3O. The van der Waals surface area contributed by atoms with Crippen LogP contribution in [0.5, 0.6) is 0 Å². The van der Waals surface area contributed by atoms with E-state index in [1.165, 1.54) is 6.08 Å². The van der Waals surface area contributed by atoms with Crippen molar-refractivity contribution in [3.05, 3.63) is 12.7 Å². The van der Waals surface area contributed by atoms with Gasteiger partial charge >= 0.3 is 6.18 Å². The Morgan fingerprint density at radius 3 is 2.36 bits per heavy atom. The van der Waals surface area contributed by atoms with Gasteiger partial charge < -0.3 is 5.11 Å². The molecule has 0 fully saturated rings. The maximum atomic E-state index is 11.6. The fraction of sp³-hybridized carbons (Fsp3) is 0.714. The zero-order valence-electron chi connectivity index (χ0n) is 6.06. The Hall–Kier alpha value is -0.510. The van der Waals surface area contributed by atoms with Gasteiger partial charge in [-0.2, -0.15) is 13.2 Å². The van der Waals surface area contributed by atoms with E-state index in [-0.39, 0.29) is 6.42 Å². The maximum absolute atomic E-state index is 11.6. The molecule has 66 valence electrons. The van der Waals surface area contributed by atoms with Crippen LogP contribution in [0.4, 0.5) is 13.2 Å². The summed E-state index contributed by atoms with van der Waals surface area (Å²) in [5, 5.41) is 8.45. The Labute approximate surface area is 63.5 Å². The molecule has 4 heteroatoms. The Morgan fingerprint density at radius 2 is 2.00 bits per heavy atom. The SMILES string of the molecule is C=CCCC[C@H](O)C(F)(F)F. The van der Waals surface area contributed by atoms with Crippen molar-refractivity contribution < 1.29 is 18.3 Å². The van der Waals surface area contributed by atoms with Gasteiger partial charge in [0.15, 0.2) is 0 Å². The van der Waals surface area contributed by atoms with Crippen LogP contribution in [0, 0.1) is 0 Å². The fourth-order valence-corrected chi connectivity index (χ4v) is 0.619. The number of aliphatic hydroxyl groups is 1. The van der Waals surface area contributed by atoms with E-state index in [9.17, 15) is 13.2 Å². The first kappa shape index (κ1) is 10.5. The topological polar surface area (TPSA) is 20.2 Å². The van der Waals surface area contributed by atoms with Crippen molar-refractivity contribution in [1.82, 2.24) is 0 Å². The summed E-state index contributed by atoms with van der Waals surface area (Å²) in [4.78, 5) is 0. The van der Waals surface area contributed by atoms with Gasteiger partial charge in [0.1, 0.15) is 6.10 Å². The number of hydrogen-bond acceptors (Lipinski definition) is 1. The van der Waals surface area contributed by atoms with Crippen molar-refractivity contribution in [1.29, 1.82) is 0 Å². The van der Waals surface area contributed by atoms with E-state index in [0.717, 1.165) is 0 Å². The molecule has 0 heterocycles. The lowest BCUT2D eigenvalue weighted by molar-refractivity contribution is -0.205. The number of halogens is 3. The number of rotatable bonds is 4. The fourth-order valence-electron chi connectivity index (χ4n) is 0.619. The van der Waals surface area contributed by atoms with Crippen LogP contribution in [0.25, 0.3) is 0 Å². The Morgan fingerprint density at radius 1 is 1.45 bits per heavy atom. The summed E-state index contributed by atoms with van der Waals surface area (Å²) < 4.78 is 34.8. The van der Waals surface area contributed by atoms with E-state index in [1.807, 2.05) is 0 Å². The van der Waals surface area contributed by atoms with Crippen LogP contribution >= 0.6 is 0 Å². The Balaban J connectivity index is 3.52. The molecule has 0 amide bonds. The number of aliphatic hydroxyl groups excluding tert-OH is 1. The van der Waals surface area contributed by atoms with E-state index in [4.69, 9.17) is 5.11 Å². The van der Waals surface area contributed by atoms with Gasteiger partial charge in [-0.05, 0) is 19.3 Å². The van der Waals surface area contributed by atoms with Gasteiger partial charge in [0.25, 0.3) is 0 Å². The van der Waals surface area contributed by atoms with Gasteiger partial charge in [0, 0.05) is 0 Å². The average molecular weight is 168 g/mol. The third kappa shape index (κ3) is 4.84. The number of allylic oxidation sites excluding steroid dienone is 1. The smallest absolute Gasteiger partial charge is 0.384 e. The van der Waals surface area contributed by atoms with Crippen molar-refractivity contribution in [3.63, 3.8) is 0 Å². The molecule has 0 aliphatic carbocycles. The van der Waals surface area contributed by atoms with E-state index in [2.05, 4.69) is 6.58 Å². The number of unbranched alkanes of at least 4 members (excludes halogenated alkanes) is 1. The van der Waals surface area contributed by atoms with Gasteiger partial charge in [0.2, 0.25) is 0 Å². The molecule has 0 bridgehead atoms. The maximum Gasteiger partial charge on any atom is 0.414 e. The molecule has 1 nitrogen and oxygen atoms in total. The first-order valence-corrected chi connectivity index (χ1v) is 3.34. The second-order valence-electron chi connectivity index (χ2n) is 2.28. The molecule has 1 N–H and O–H groups in total. The van der Waals surface area contributed by atoms with Gasteiger partial charge in [-0.15, -0.1) is 6.58 Å². The van der Waals surface area contributed by atoms with Crippen molar-refractivity contribution in [3.8, 4) is 0 Å². The third-order valence-corrected chi connectivity index (χ3v) is 1.26. The van der Waals surface area contributed by atoms with Crippen LogP contribution in [-0.4, -0.2) is 17.4 Å². The molecule has 0 spiro atoms. The van der Waals surface area contributed by atoms with Gasteiger partial charge in [-0.1, -0.05) is 6.08 Å². The summed E-state index contributed by atoms with van der Waals surface area (Å²) >= 11 is 0. The molecule has 0 radical (unpaired) electrons. The molecule has 0 aliphatic rings. The molecular weight excluding hydrogens is 157 g/mol. The summed E-state index contributed by atoms with van der Waals surface area (Å²) in [5.74, 6) is 0. The van der Waals surface area contributed by atoms with Crippen molar-refractivity contribution in [2.75, 3.05) is 0 Å². The van der Waals surface area contributed by atoms with Crippen LogP contribution in [0.15, 0.2) is 12.7 Å². The quantitative estimate of drug-likeness (QED) is 0.504. The minimum absolute atomic E-state index is 0.241. The highest BCUT2D eigenvalue weighted by atomic mass is 19.4. The van der Waals surface area contributed by atoms with Crippen LogP contribution in [-0.2, 0) is 0 Å². The Bertz CT molecular complexity index is 119. The highest BCUT2D eigenvalue weighted by molar-refractivity contribution is 4.70. The average Bonchev–Trinajstić information content (AvgIpc) is 1.86. The summed E-state index contributed by atoms with van der Waals surface area (Å²) in [6.45, 7) is 3.36. The van der Waals surface area contributed by atoms with E-state index < -0.39 is 12.3 Å².